The molecule has 6 heteroatoms. The summed E-state index contributed by atoms with van der Waals surface area (Å²) in [6.45, 7) is 0.134. The number of H-pyrrole nitrogens is 1. The maximum absolute atomic E-state index is 10.9. The van der Waals surface area contributed by atoms with Crippen LogP contribution in [-0.2, 0) is 9.47 Å². The third-order valence-corrected chi connectivity index (χ3v) is 1.22. The third kappa shape index (κ3) is 0.878. The summed E-state index contributed by atoms with van der Waals surface area (Å²) in [5, 5.41) is 3.67. The molecule has 11 heavy (non-hydrogen) atoms. The van der Waals surface area contributed by atoms with Gasteiger partial charge in [-0.15, -0.1) is 4.68 Å². The minimum atomic E-state index is -0.346. The van der Waals surface area contributed by atoms with E-state index in [0.717, 1.165) is 4.68 Å². The largest absolute Gasteiger partial charge is 0.459 e. The van der Waals surface area contributed by atoms with Crippen molar-refractivity contribution >= 4 is 5.88 Å². The van der Waals surface area contributed by atoms with Gasteiger partial charge < -0.3 is 9.47 Å². The summed E-state index contributed by atoms with van der Waals surface area (Å²) in [5.74, 6) is 0.302. The van der Waals surface area contributed by atoms with E-state index in [2.05, 4.69) is 10.1 Å². The number of hydrogen-bond acceptors (Lipinski definition) is 4. The molecule has 0 aromatic carbocycles. The molecule has 0 saturated carbocycles. The molecule has 0 spiro atoms. The number of nitrogens with one attached hydrogen (secondary N) is 1. The van der Waals surface area contributed by atoms with E-state index in [4.69, 9.17) is 9.47 Å². The van der Waals surface area contributed by atoms with E-state index < -0.39 is 0 Å². The van der Waals surface area contributed by atoms with E-state index >= 15 is 0 Å². The molecule has 1 aliphatic heterocycles. The van der Waals surface area contributed by atoms with Crippen molar-refractivity contribution in [1.29, 1.82) is 0 Å². The highest BCUT2D eigenvalue weighted by molar-refractivity contribution is 5.33. The highest BCUT2D eigenvalue weighted by atomic mass is 16.7. The molecule has 2 rings (SSSR count). The van der Waals surface area contributed by atoms with E-state index in [-0.39, 0.29) is 12.5 Å². The van der Waals surface area contributed by atoms with Crippen LogP contribution in [0.25, 0.3) is 5.88 Å². The van der Waals surface area contributed by atoms with Crippen molar-refractivity contribution in [3.05, 3.63) is 23.1 Å². The molecule has 0 fully saturated rings. The lowest BCUT2D eigenvalue weighted by molar-refractivity contribution is 0.0948. The Morgan fingerprint density at radius 3 is 3.18 bits per heavy atom. The molecule has 0 radical (unpaired) electrons. The topological polar surface area (TPSA) is 69.1 Å². The van der Waals surface area contributed by atoms with Gasteiger partial charge in [0.25, 0.3) is 5.88 Å². The molecule has 1 aliphatic rings. The maximum atomic E-state index is 10.9. The molecule has 1 N–H and O–H groups in total. The molecule has 0 amide bonds. The first-order chi connectivity index (χ1) is 5.38. The van der Waals surface area contributed by atoms with Gasteiger partial charge in [0.1, 0.15) is 12.6 Å². The Kier molecular flexibility index (Phi) is 1.18. The van der Waals surface area contributed by atoms with E-state index in [0.29, 0.717) is 5.88 Å². The predicted molar refractivity (Wildman–Crippen MR) is 34.2 cm³/mol. The smallest absolute Gasteiger partial charge is 0.350 e. The Morgan fingerprint density at radius 2 is 2.64 bits per heavy atom. The summed E-state index contributed by atoms with van der Waals surface area (Å²) >= 11 is 0. The normalized spacial score (nSPS) is 15.5. The van der Waals surface area contributed by atoms with Crippen molar-refractivity contribution < 1.29 is 9.47 Å². The highest BCUT2D eigenvalue weighted by Gasteiger charge is 2.11. The number of hydrogen-bond donors (Lipinski definition) is 1. The van der Waals surface area contributed by atoms with Crippen molar-refractivity contribution in [3.8, 4) is 0 Å². The molecule has 1 aromatic heterocycles. The first kappa shape index (κ1) is 6.02. The Balaban J connectivity index is 2.43. The minimum absolute atomic E-state index is 0.134. The summed E-state index contributed by atoms with van der Waals surface area (Å²) in [5.41, 5.74) is -0.346. The van der Waals surface area contributed by atoms with Crippen LogP contribution >= 0.6 is 0 Å². The van der Waals surface area contributed by atoms with Gasteiger partial charge in [-0.2, -0.15) is 5.10 Å². The Bertz CT molecular complexity index is 337. The quantitative estimate of drug-likeness (QED) is 0.584. The molecule has 0 saturated heterocycles. The number of nitrogens with zero attached hydrogens (tertiary/aromatic N) is 2. The molecule has 58 valence electrons. The van der Waals surface area contributed by atoms with E-state index in [1.54, 1.807) is 0 Å². The zero-order chi connectivity index (χ0) is 7.68. The molecular weight excluding hydrogens is 150 g/mol. The summed E-state index contributed by atoms with van der Waals surface area (Å²) in [6, 6.07) is 0. The Hall–Kier alpha value is -1.72. The fraction of sp³-hybridized carbons (Fsp3) is 0.200. The number of aromatic amines is 1. The minimum Gasteiger partial charge on any atom is -0.459 e. The highest BCUT2D eigenvalue weighted by Crippen LogP contribution is 2.07. The maximum Gasteiger partial charge on any atom is 0.350 e. The van der Waals surface area contributed by atoms with Gasteiger partial charge in [-0.25, -0.2) is 4.79 Å². The monoisotopic (exact) mass is 155 g/mol. The van der Waals surface area contributed by atoms with Crippen LogP contribution in [0.2, 0.25) is 0 Å². The van der Waals surface area contributed by atoms with Crippen molar-refractivity contribution in [3.63, 3.8) is 0 Å². The zero-order valence-corrected chi connectivity index (χ0v) is 5.48. The van der Waals surface area contributed by atoms with Crippen LogP contribution in [0.5, 0.6) is 0 Å². The average molecular weight is 155 g/mol. The predicted octanol–water partition coefficient (Wildman–Crippen LogP) is -0.668. The van der Waals surface area contributed by atoms with E-state index in [9.17, 15) is 4.79 Å². The summed E-state index contributed by atoms with van der Waals surface area (Å²) in [7, 11) is 0. The molecule has 1 aromatic rings. The van der Waals surface area contributed by atoms with Crippen LogP contribution in [-0.4, -0.2) is 21.6 Å². The molecule has 2 heterocycles. The second kappa shape index (κ2) is 2.15. The van der Waals surface area contributed by atoms with Gasteiger partial charge in [0.15, 0.2) is 0 Å². The molecular formula is C5H5N3O3. The SMILES string of the molecule is O=c1[nH]cnn1C1=COCO1. The molecule has 6 nitrogen and oxygen atoms in total. The standard InChI is InChI=1S/C5H5N3O3/c9-5-6-2-7-8(5)4-1-10-3-11-4/h1-2H,3H2,(H,6,7,9). The number of ether oxygens (including phenoxy) is 2. The fourth-order valence-electron chi connectivity index (χ4n) is 0.757. The van der Waals surface area contributed by atoms with E-state index in [1.807, 2.05) is 0 Å². The first-order valence-corrected chi connectivity index (χ1v) is 2.95. The third-order valence-electron chi connectivity index (χ3n) is 1.22. The van der Waals surface area contributed by atoms with E-state index in [1.165, 1.54) is 12.6 Å². The van der Waals surface area contributed by atoms with Crippen molar-refractivity contribution in [2.45, 2.75) is 0 Å². The summed E-state index contributed by atoms with van der Waals surface area (Å²) in [6.07, 6.45) is 2.62. The second-order valence-corrected chi connectivity index (χ2v) is 1.89. The number of aromatic nitrogens is 3. The Labute approximate surface area is 61.0 Å². The van der Waals surface area contributed by atoms with Crippen LogP contribution in [0.3, 0.4) is 0 Å². The Morgan fingerprint density at radius 1 is 1.73 bits per heavy atom. The number of rotatable bonds is 1. The van der Waals surface area contributed by atoms with Crippen molar-refractivity contribution in [2.75, 3.05) is 6.79 Å². The lowest BCUT2D eigenvalue weighted by Crippen LogP contribution is -2.17. The van der Waals surface area contributed by atoms with Crippen LogP contribution in [0, 0.1) is 0 Å². The second-order valence-electron chi connectivity index (χ2n) is 1.89. The van der Waals surface area contributed by atoms with Gasteiger partial charge in [-0.05, 0) is 0 Å². The van der Waals surface area contributed by atoms with Crippen molar-refractivity contribution in [2.24, 2.45) is 0 Å². The van der Waals surface area contributed by atoms with Gasteiger partial charge in [-0.3, -0.25) is 4.98 Å². The van der Waals surface area contributed by atoms with Gasteiger partial charge in [0.05, 0.1) is 0 Å². The van der Waals surface area contributed by atoms with Crippen LogP contribution in [0.4, 0.5) is 0 Å². The van der Waals surface area contributed by atoms with Gasteiger partial charge >= 0.3 is 5.69 Å². The first-order valence-electron chi connectivity index (χ1n) is 2.95. The van der Waals surface area contributed by atoms with Crippen LogP contribution < -0.4 is 5.69 Å². The molecule has 0 unspecified atom stereocenters. The zero-order valence-electron chi connectivity index (χ0n) is 5.48. The van der Waals surface area contributed by atoms with Crippen LogP contribution in [0.15, 0.2) is 17.4 Å². The fourth-order valence-corrected chi connectivity index (χ4v) is 0.757. The van der Waals surface area contributed by atoms with Gasteiger partial charge in [0, 0.05) is 0 Å². The summed E-state index contributed by atoms with van der Waals surface area (Å²) in [4.78, 5) is 13.2. The molecule has 0 bridgehead atoms. The summed E-state index contributed by atoms with van der Waals surface area (Å²) < 4.78 is 10.7. The average Bonchev–Trinajstić information content (AvgIpc) is 2.55. The molecule has 0 aliphatic carbocycles. The lowest BCUT2D eigenvalue weighted by Gasteiger charge is -1.95. The lowest BCUT2D eigenvalue weighted by atomic mass is 10.8. The van der Waals surface area contributed by atoms with Gasteiger partial charge in [-0.1, -0.05) is 0 Å². The van der Waals surface area contributed by atoms with Gasteiger partial charge in [0.2, 0.25) is 6.79 Å². The van der Waals surface area contributed by atoms with Crippen molar-refractivity contribution in [1.82, 2.24) is 14.8 Å². The molecule has 0 atom stereocenters. The van der Waals surface area contributed by atoms with Crippen LogP contribution in [0.1, 0.15) is 0 Å².